The van der Waals surface area contributed by atoms with Gasteiger partial charge in [0.1, 0.15) is 11.5 Å². The Hall–Kier alpha value is -4.24. The molecular formula is C30H30N2O7. The van der Waals surface area contributed by atoms with Crippen LogP contribution in [0.2, 0.25) is 0 Å². The highest BCUT2D eigenvalue weighted by Gasteiger charge is 2.70. The number of ether oxygens (including phenoxy) is 1. The summed E-state index contributed by atoms with van der Waals surface area (Å²) in [6.07, 6.45) is 0.421. The SMILES string of the molecule is COc1ccccc1/C(O)=C1\C(=O)C(=O)N(CCO)C12C(=O)N(Cc1ccccc1)C1=C2C(=O)CC(C)(C)C1. The molecule has 1 saturated heterocycles. The van der Waals surface area contributed by atoms with Crippen molar-refractivity contribution in [2.45, 2.75) is 38.8 Å². The van der Waals surface area contributed by atoms with Crippen LogP contribution >= 0.6 is 0 Å². The molecule has 2 aliphatic heterocycles. The number of carbonyl (C=O) groups excluding carboxylic acids is 4. The number of benzene rings is 2. The summed E-state index contributed by atoms with van der Waals surface area (Å²) in [6, 6.07) is 15.6. The number of aliphatic hydroxyl groups excluding tert-OH is 2. The van der Waals surface area contributed by atoms with E-state index in [-0.39, 0.29) is 42.2 Å². The number of amides is 2. The first-order valence-corrected chi connectivity index (χ1v) is 12.8. The minimum atomic E-state index is -2.21. The van der Waals surface area contributed by atoms with Crippen molar-refractivity contribution in [2.24, 2.45) is 5.41 Å². The van der Waals surface area contributed by atoms with Crippen LogP contribution in [0.4, 0.5) is 0 Å². The molecule has 1 fully saturated rings. The van der Waals surface area contributed by atoms with Gasteiger partial charge < -0.3 is 24.7 Å². The summed E-state index contributed by atoms with van der Waals surface area (Å²) in [5.74, 6) is -3.65. The van der Waals surface area contributed by atoms with Crippen molar-refractivity contribution in [3.63, 3.8) is 0 Å². The number of para-hydroxylation sites is 1. The summed E-state index contributed by atoms with van der Waals surface area (Å²) in [5.41, 5.74) is -1.88. The molecule has 202 valence electrons. The van der Waals surface area contributed by atoms with E-state index >= 15 is 0 Å². The van der Waals surface area contributed by atoms with Crippen LogP contribution in [0.25, 0.3) is 5.76 Å². The summed E-state index contributed by atoms with van der Waals surface area (Å²) in [7, 11) is 1.39. The second kappa shape index (κ2) is 9.50. The fourth-order valence-electron chi connectivity index (χ4n) is 6.07. The minimum absolute atomic E-state index is 0.00635. The van der Waals surface area contributed by atoms with Gasteiger partial charge >= 0.3 is 0 Å². The molecule has 2 heterocycles. The maximum atomic E-state index is 14.7. The van der Waals surface area contributed by atoms with Crippen LogP contribution < -0.4 is 4.74 Å². The number of ketones is 2. The molecular weight excluding hydrogens is 500 g/mol. The molecule has 1 spiro atoms. The van der Waals surface area contributed by atoms with E-state index in [0.717, 1.165) is 10.5 Å². The fraction of sp³-hybridized carbons (Fsp3) is 0.333. The number of fused-ring (bicyclic) bond motifs is 1. The van der Waals surface area contributed by atoms with Gasteiger partial charge in [0.25, 0.3) is 17.6 Å². The van der Waals surface area contributed by atoms with Crippen LogP contribution in [0.1, 0.15) is 37.8 Å². The normalized spacial score (nSPS) is 23.7. The van der Waals surface area contributed by atoms with Gasteiger partial charge in [-0.1, -0.05) is 56.3 Å². The van der Waals surface area contributed by atoms with Crippen LogP contribution in [0.15, 0.2) is 71.4 Å². The Morgan fingerprint density at radius 3 is 2.31 bits per heavy atom. The number of β-amino-alcohol motifs (C(OH)–C–C–N with tert-alkyl or cyclic N) is 1. The van der Waals surface area contributed by atoms with Crippen molar-refractivity contribution < 1.29 is 34.1 Å². The number of likely N-dealkylation sites (tertiary alicyclic amines) is 1. The van der Waals surface area contributed by atoms with Gasteiger partial charge in [-0.3, -0.25) is 19.2 Å². The lowest BCUT2D eigenvalue weighted by molar-refractivity contribution is -0.145. The van der Waals surface area contributed by atoms with E-state index < -0.39 is 46.5 Å². The molecule has 39 heavy (non-hydrogen) atoms. The zero-order valence-electron chi connectivity index (χ0n) is 22.1. The Labute approximate surface area is 226 Å². The standard InChI is InChI=1S/C30H30N2O7/c1-29(2)15-20-23(21(34)16-29)30(28(38)31(20)17-18-9-5-4-6-10-18)24(26(36)27(37)32(30)13-14-33)25(35)19-11-7-8-12-22(19)39-3/h4-12,33,35H,13-17H2,1-3H3/b25-24-. The van der Waals surface area contributed by atoms with Crippen molar-refractivity contribution in [3.8, 4) is 5.75 Å². The van der Waals surface area contributed by atoms with Crippen molar-refractivity contribution in [1.82, 2.24) is 9.80 Å². The lowest BCUT2D eigenvalue weighted by Gasteiger charge is -2.37. The molecule has 9 heteroatoms. The Kier molecular flexibility index (Phi) is 6.42. The molecule has 5 rings (SSSR count). The third kappa shape index (κ3) is 3.87. The lowest BCUT2D eigenvalue weighted by Crippen LogP contribution is -2.57. The summed E-state index contributed by atoms with van der Waals surface area (Å²) in [6.45, 7) is 3.00. The molecule has 0 bridgehead atoms. The molecule has 2 aromatic rings. The van der Waals surface area contributed by atoms with Gasteiger partial charge in [-0.15, -0.1) is 0 Å². The highest BCUT2D eigenvalue weighted by Crippen LogP contribution is 2.55. The van der Waals surface area contributed by atoms with Crippen molar-refractivity contribution in [1.29, 1.82) is 0 Å². The maximum absolute atomic E-state index is 14.7. The smallest absolute Gasteiger partial charge is 0.296 e. The zero-order valence-corrected chi connectivity index (χ0v) is 22.1. The molecule has 1 unspecified atom stereocenters. The van der Waals surface area contributed by atoms with Crippen LogP contribution in [-0.2, 0) is 25.7 Å². The fourth-order valence-corrected chi connectivity index (χ4v) is 6.07. The number of aliphatic hydroxyl groups is 2. The molecule has 2 N–H and O–H groups in total. The van der Waals surface area contributed by atoms with Crippen molar-refractivity contribution in [3.05, 3.63) is 82.6 Å². The monoisotopic (exact) mass is 530 g/mol. The number of hydrogen-bond acceptors (Lipinski definition) is 7. The predicted octanol–water partition coefficient (Wildman–Crippen LogP) is 2.79. The molecule has 0 radical (unpaired) electrons. The van der Waals surface area contributed by atoms with Gasteiger partial charge in [0.2, 0.25) is 0 Å². The molecule has 1 atom stereocenters. The van der Waals surface area contributed by atoms with E-state index in [1.807, 2.05) is 44.2 Å². The molecule has 0 saturated carbocycles. The van der Waals surface area contributed by atoms with Gasteiger partial charge in [-0.25, -0.2) is 0 Å². The Bertz CT molecular complexity index is 1460. The van der Waals surface area contributed by atoms with E-state index in [4.69, 9.17) is 4.74 Å². The van der Waals surface area contributed by atoms with Crippen molar-refractivity contribution >= 4 is 29.1 Å². The molecule has 2 amide bonds. The topological polar surface area (TPSA) is 124 Å². The first kappa shape index (κ1) is 26.4. The molecule has 9 nitrogen and oxygen atoms in total. The van der Waals surface area contributed by atoms with Gasteiger partial charge in [-0.05, 0) is 29.5 Å². The average molecular weight is 531 g/mol. The van der Waals surface area contributed by atoms with Gasteiger partial charge in [0.15, 0.2) is 11.3 Å². The molecule has 1 aliphatic carbocycles. The Balaban J connectivity index is 1.84. The number of hydrogen-bond donors (Lipinski definition) is 2. The molecule has 3 aliphatic rings. The summed E-state index contributed by atoms with van der Waals surface area (Å²) in [5, 5.41) is 21.5. The first-order valence-electron chi connectivity index (χ1n) is 12.8. The summed E-state index contributed by atoms with van der Waals surface area (Å²) in [4.78, 5) is 58.1. The predicted molar refractivity (Wildman–Crippen MR) is 141 cm³/mol. The third-order valence-corrected chi connectivity index (χ3v) is 7.63. The third-order valence-electron chi connectivity index (χ3n) is 7.63. The highest BCUT2D eigenvalue weighted by molar-refractivity contribution is 6.50. The molecule has 0 aromatic heterocycles. The molecule has 2 aromatic carbocycles. The summed E-state index contributed by atoms with van der Waals surface area (Å²) >= 11 is 0. The zero-order chi connectivity index (χ0) is 28.1. The highest BCUT2D eigenvalue weighted by atomic mass is 16.5. The average Bonchev–Trinajstić information content (AvgIpc) is 3.27. The van der Waals surface area contributed by atoms with Gasteiger partial charge in [-0.2, -0.15) is 0 Å². The Morgan fingerprint density at radius 2 is 1.64 bits per heavy atom. The summed E-state index contributed by atoms with van der Waals surface area (Å²) < 4.78 is 5.38. The minimum Gasteiger partial charge on any atom is -0.507 e. The van der Waals surface area contributed by atoms with Gasteiger partial charge in [0.05, 0.1) is 37.0 Å². The van der Waals surface area contributed by atoms with Crippen LogP contribution in [-0.4, -0.2) is 69.2 Å². The Morgan fingerprint density at radius 1 is 0.974 bits per heavy atom. The second-order valence-electron chi connectivity index (χ2n) is 10.8. The number of nitrogens with zero attached hydrogens (tertiary/aromatic N) is 2. The maximum Gasteiger partial charge on any atom is 0.296 e. The second-order valence-corrected chi connectivity index (χ2v) is 10.8. The number of methoxy groups -OCH3 is 1. The van der Waals surface area contributed by atoms with E-state index in [9.17, 15) is 29.4 Å². The van der Waals surface area contributed by atoms with E-state index in [1.165, 1.54) is 18.1 Å². The van der Waals surface area contributed by atoms with Crippen LogP contribution in [0, 0.1) is 5.41 Å². The van der Waals surface area contributed by atoms with E-state index in [0.29, 0.717) is 12.1 Å². The number of rotatable bonds is 6. The van der Waals surface area contributed by atoms with Gasteiger partial charge in [0, 0.05) is 18.7 Å². The number of allylic oxidation sites excluding steroid dienone is 1. The number of carbonyl (C=O) groups is 4. The van der Waals surface area contributed by atoms with E-state index in [1.54, 1.807) is 18.2 Å². The quantitative estimate of drug-likeness (QED) is 0.334. The first-order chi connectivity index (χ1) is 18.6. The number of Topliss-reactive ketones (excluding diaryl/α,β-unsaturated/α-hetero) is 2. The van der Waals surface area contributed by atoms with E-state index in [2.05, 4.69) is 0 Å². The lowest BCUT2D eigenvalue weighted by atomic mass is 9.70. The van der Waals surface area contributed by atoms with Crippen LogP contribution in [0.5, 0.6) is 5.75 Å². The van der Waals surface area contributed by atoms with Crippen molar-refractivity contribution in [2.75, 3.05) is 20.3 Å². The largest absolute Gasteiger partial charge is 0.507 e. The van der Waals surface area contributed by atoms with Crippen LogP contribution in [0.3, 0.4) is 0 Å².